The Morgan fingerprint density at radius 1 is 1.07 bits per heavy atom. The summed E-state index contributed by atoms with van der Waals surface area (Å²) < 4.78 is 5.13. The molecule has 7 nitrogen and oxygen atoms in total. The first kappa shape index (κ1) is 21.3. The summed E-state index contributed by atoms with van der Waals surface area (Å²) in [5.74, 6) is -1.42. The van der Waals surface area contributed by atoms with E-state index in [1.807, 2.05) is 6.07 Å². The van der Waals surface area contributed by atoms with Crippen LogP contribution < -0.4 is 10.6 Å². The van der Waals surface area contributed by atoms with E-state index < -0.39 is 24.5 Å². The second-order valence-electron chi connectivity index (χ2n) is 6.83. The zero-order valence-corrected chi connectivity index (χ0v) is 17.2. The Morgan fingerprint density at radius 3 is 2.47 bits per heavy atom. The molecule has 0 radical (unpaired) electrons. The SMILES string of the molecule is CC(C)NC(=O)NC(=O)COC(=O)c1cc(-c2ccc(Cl)cc2)nc2ccccc12. The van der Waals surface area contributed by atoms with Gasteiger partial charge in [-0.05, 0) is 38.1 Å². The van der Waals surface area contributed by atoms with Gasteiger partial charge in [-0.25, -0.2) is 14.6 Å². The molecule has 3 rings (SSSR count). The molecule has 1 aromatic heterocycles. The summed E-state index contributed by atoms with van der Waals surface area (Å²) in [6.07, 6.45) is 0. The Hall–Kier alpha value is -3.45. The number of rotatable bonds is 5. The molecule has 0 unspecified atom stereocenters. The molecule has 0 bridgehead atoms. The van der Waals surface area contributed by atoms with Gasteiger partial charge < -0.3 is 10.1 Å². The summed E-state index contributed by atoms with van der Waals surface area (Å²) in [6, 6.07) is 15.0. The molecule has 1 heterocycles. The lowest BCUT2D eigenvalue weighted by molar-refractivity contribution is -0.123. The standard InChI is InChI=1S/C22H20ClN3O4/c1-13(2)24-22(29)26-20(27)12-30-21(28)17-11-19(14-7-9-15(23)10-8-14)25-18-6-4-3-5-16(17)18/h3-11,13H,12H2,1-2H3,(H2,24,26,27,29). The van der Waals surface area contributed by atoms with Gasteiger partial charge in [0.25, 0.3) is 5.91 Å². The Kier molecular flexibility index (Phi) is 6.64. The van der Waals surface area contributed by atoms with Crippen molar-refractivity contribution in [2.24, 2.45) is 0 Å². The van der Waals surface area contributed by atoms with Crippen LogP contribution in [0.15, 0.2) is 54.6 Å². The third kappa shape index (κ3) is 5.33. The van der Waals surface area contributed by atoms with Crippen molar-refractivity contribution < 1.29 is 19.1 Å². The van der Waals surface area contributed by atoms with E-state index in [1.54, 1.807) is 62.4 Å². The Morgan fingerprint density at radius 2 is 1.77 bits per heavy atom. The summed E-state index contributed by atoms with van der Waals surface area (Å²) in [7, 11) is 0. The summed E-state index contributed by atoms with van der Waals surface area (Å²) >= 11 is 5.95. The molecule has 0 saturated heterocycles. The third-order valence-corrected chi connectivity index (χ3v) is 4.34. The van der Waals surface area contributed by atoms with Crippen LogP contribution in [0.25, 0.3) is 22.2 Å². The number of amides is 3. The van der Waals surface area contributed by atoms with Gasteiger partial charge in [0, 0.05) is 22.0 Å². The van der Waals surface area contributed by atoms with E-state index in [0.717, 1.165) is 5.56 Å². The lowest BCUT2D eigenvalue weighted by Crippen LogP contribution is -2.44. The van der Waals surface area contributed by atoms with E-state index in [-0.39, 0.29) is 11.6 Å². The van der Waals surface area contributed by atoms with Gasteiger partial charge >= 0.3 is 12.0 Å². The van der Waals surface area contributed by atoms with Crippen LogP contribution in [0, 0.1) is 0 Å². The second-order valence-corrected chi connectivity index (χ2v) is 7.27. The molecule has 3 amide bonds. The van der Waals surface area contributed by atoms with Crippen molar-refractivity contribution in [1.82, 2.24) is 15.6 Å². The quantitative estimate of drug-likeness (QED) is 0.603. The minimum Gasteiger partial charge on any atom is -0.452 e. The molecule has 30 heavy (non-hydrogen) atoms. The van der Waals surface area contributed by atoms with Crippen LogP contribution >= 0.6 is 11.6 Å². The van der Waals surface area contributed by atoms with E-state index in [4.69, 9.17) is 16.3 Å². The van der Waals surface area contributed by atoms with Gasteiger partial charge in [0.15, 0.2) is 6.61 Å². The lowest BCUT2D eigenvalue weighted by atomic mass is 10.0. The molecule has 154 valence electrons. The zero-order chi connectivity index (χ0) is 21.7. The number of imide groups is 1. The minimum absolute atomic E-state index is 0.130. The maximum atomic E-state index is 12.7. The number of nitrogens with zero attached hydrogens (tertiary/aromatic N) is 1. The average molecular weight is 426 g/mol. The average Bonchev–Trinajstić information content (AvgIpc) is 2.71. The number of pyridine rings is 1. The summed E-state index contributed by atoms with van der Waals surface area (Å²) in [4.78, 5) is 40.8. The van der Waals surface area contributed by atoms with E-state index in [2.05, 4.69) is 15.6 Å². The van der Waals surface area contributed by atoms with Gasteiger partial charge in [0.1, 0.15) is 0 Å². The maximum absolute atomic E-state index is 12.7. The van der Waals surface area contributed by atoms with Crippen molar-refractivity contribution in [3.05, 3.63) is 65.2 Å². The molecule has 0 saturated carbocycles. The van der Waals surface area contributed by atoms with Crippen molar-refractivity contribution in [3.8, 4) is 11.3 Å². The zero-order valence-electron chi connectivity index (χ0n) is 16.4. The third-order valence-electron chi connectivity index (χ3n) is 4.08. The lowest BCUT2D eigenvalue weighted by Gasteiger charge is -2.11. The molecule has 0 aliphatic rings. The molecule has 2 N–H and O–H groups in total. The summed E-state index contributed by atoms with van der Waals surface area (Å²) in [5, 5.41) is 5.81. The van der Waals surface area contributed by atoms with Crippen LogP contribution in [-0.4, -0.2) is 35.5 Å². The molecular formula is C22H20ClN3O4. The van der Waals surface area contributed by atoms with E-state index in [1.165, 1.54) is 0 Å². The van der Waals surface area contributed by atoms with E-state index in [9.17, 15) is 14.4 Å². The highest BCUT2D eigenvalue weighted by Gasteiger charge is 2.17. The van der Waals surface area contributed by atoms with Crippen LogP contribution in [0.4, 0.5) is 4.79 Å². The highest BCUT2D eigenvalue weighted by Crippen LogP contribution is 2.26. The van der Waals surface area contributed by atoms with Crippen LogP contribution in [0.1, 0.15) is 24.2 Å². The molecule has 0 spiro atoms. The highest BCUT2D eigenvalue weighted by molar-refractivity contribution is 6.30. The first-order chi connectivity index (χ1) is 14.3. The topological polar surface area (TPSA) is 97.4 Å². The predicted molar refractivity (Wildman–Crippen MR) is 114 cm³/mol. The fourth-order valence-corrected chi connectivity index (χ4v) is 2.91. The number of carbonyl (C=O) groups is 3. The van der Waals surface area contributed by atoms with Crippen LogP contribution in [0.5, 0.6) is 0 Å². The second kappa shape index (κ2) is 9.37. The molecule has 0 aliphatic heterocycles. The summed E-state index contributed by atoms with van der Waals surface area (Å²) in [6.45, 7) is 2.94. The monoisotopic (exact) mass is 425 g/mol. The van der Waals surface area contributed by atoms with Crippen molar-refractivity contribution >= 4 is 40.4 Å². The summed E-state index contributed by atoms with van der Waals surface area (Å²) in [5.41, 5.74) is 2.23. The van der Waals surface area contributed by atoms with Crippen molar-refractivity contribution in [2.45, 2.75) is 19.9 Å². The molecule has 3 aromatic rings. The Labute approximate surface area is 178 Å². The number of halogens is 1. The highest BCUT2D eigenvalue weighted by atomic mass is 35.5. The van der Waals surface area contributed by atoms with Gasteiger partial charge in [-0.2, -0.15) is 0 Å². The Balaban J connectivity index is 1.82. The number of fused-ring (bicyclic) bond motifs is 1. The van der Waals surface area contributed by atoms with E-state index >= 15 is 0 Å². The van der Waals surface area contributed by atoms with Gasteiger partial charge in [-0.1, -0.05) is 41.9 Å². The van der Waals surface area contributed by atoms with Gasteiger partial charge in [0.05, 0.1) is 16.8 Å². The van der Waals surface area contributed by atoms with Crippen LogP contribution in [0.2, 0.25) is 5.02 Å². The molecule has 0 fully saturated rings. The van der Waals surface area contributed by atoms with Crippen molar-refractivity contribution in [2.75, 3.05) is 6.61 Å². The minimum atomic E-state index is -0.724. The number of para-hydroxylation sites is 1. The Bertz CT molecular complexity index is 1100. The van der Waals surface area contributed by atoms with Crippen LogP contribution in [-0.2, 0) is 9.53 Å². The number of hydrogen-bond donors (Lipinski definition) is 2. The smallest absolute Gasteiger partial charge is 0.339 e. The van der Waals surface area contributed by atoms with Gasteiger partial charge in [0.2, 0.25) is 0 Å². The fourth-order valence-electron chi connectivity index (χ4n) is 2.78. The molecule has 8 heteroatoms. The molecule has 2 aromatic carbocycles. The number of aromatic nitrogens is 1. The van der Waals surface area contributed by atoms with Gasteiger partial charge in [-0.15, -0.1) is 0 Å². The molecular weight excluding hydrogens is 406 g/mol. The number of benzene rings is 2. The van der Waals surface area contributed by atoms with Crippen molar-refractivity contribution in [3.63, 3.8) is 0 Å². The fraction of sp³-hybridized carbons (Fsp3) is 0.182. The predicted octanol–water partition coefficient (Wildman–Crippen LogP) is 3.95. The number of nitrogens with one attached hydrogen (secondary N) is 2. The molecule has 0 atom stereocenters. The van der Waals surface area contributed by atoms with Crippen molar-refractivity contribution in [1.29, 1.82) is 0 Å². The number of carbonyl (C=O) groups excluding carboxylic acids is 3. The number of esters is 1. The van der Waals surface area contributed by atoms with E-state index in [0.29, 0.717) is 21.6 Å². The van der Waals surface area contributed by atoms with Gasteiger partial charge in [-0.3, -0.25) is 10.1 Å². The molecule has 0 aliphatic carbocycles. The first-order valence-corrected chi connectivity index (χ1v) is 9.64. The maximum Gasteiger partial charge on any atom is 0.339 e. The largest absolute Gasteiger partial charge is 0.452 e. The normalized spacial score (nSPS) is 10.7. The number of ether oxygens (including phenoxy) is 1. The van der Waals surface area contributed by atoms with Crippen LogP contribution in [0.3, 0.4) is 0 Å². The number of hydrogen-bond acceptors (Lipinski definition) is 5. The number of urea groups is 1. The first-order valence-electron chi connectivity index (χ1n) is 9.26.